The number of hydrogen-bond donors (Lipinski definition) is 0. The highest BCUT2D eigenvalue weighted by Crippen LogP contribution is 2.34. The quantitative estimate of drug-likeness (QED) is 0.140. The van der Waals surface area contributed by atoms with Crippen LogP contribution in [0.4, 0.5) is 0 Å². The van der Waals surface area contributed by atoms with Gasteiger partial charge in [0.1, 0.15) is 18.1 Å². The van der Waals surface area contributed by atoms with E-state index in [9.17, 15) is 4.79 Å². The Balaban J connectivity index is 1.63. The van der Waals surface area contributed by atoms with Crippen LogP contribution in [0, 0.1) is 20.8 Å². The molecule has 0 N–H and O–H groups in total. The van der Waals surface area contributed by atoms with E-state index in [-0.39, 0.29) is 11.5 Å². The van der Waals surface area contributed by atoms with Crippen LogP contribution >= 0.6 is 0 Å². The van der Waals surface area contributed by atoms with Gasteiger partial charge in [0.2, 0.25) is 0 Å². The maximum absolute atomic E-state index is 13.8. The van der Waals surface area contributed by atoms with E-state index in [2.05, 4.69) is 44.0 Å². The standard InChI is InChI=1S/C35H36N4O3/c1-8-17-42-28-15-13-27(14-16-28)38-24(5)19-26(25(38)6)21-36-39-34(37-32-12-10-9-11-29(32)35(39)40)31-20-30(22(2)3)33(41-7)18-23(31)4/h8-16,18-22H,1,17H2,2-7H3. The van der Waals surface area contributed by atoms with Crippen LogP contribution in [-0.4, -0.2) is 34.2 Å². The summed E-state index contributed by atoms with van der Waals surface area (Å²) in [6, 6.07) is 21.4. The second-order valence-corrected chi connectivity index (χ2v) is 10.6. The van der Waals surface area contributed by atoms with E-state index in [0.29, 0.717) is 23.3 Å². The number of para-hydroxylation sites is 1. The first-order chi connectivity index (χ1) is 20.2. The minimum atomic E-state index is -0.225. The molecule has 0 aliphatic rings. The van der Waals surface area contributed by atoms with Crippen LogP contribution in [0.15, 0.2) is 89.3 Å². The third kappa shape index (κ3) is 5.38. The Labute approximate surface area is 246 Å². The Morgan fingerprint density at radius 3 is 2.45 bits per heavy atom. The summed E-state index contributed by atoms with van der Waals surface area (Å²) in [6.07, 6.45) is 3.46. The number of fused-ring (bicyclic) bond motifs is 1. The van der Waals surface area contributed by atoms with E-state index in [1.54, 1.807) is 25.5 Å². The molecule has 0 aliphatic carbocycles. The Morgan fingerprint density at radius 2 is 1.76 bits per heavy atom. The van der Waals surface area contributed by atoms with Gasteiger partial charge in [0, 0.05) is 28.2 Å². The molecule has 0 bridgehead atoms. The molecule has 0 atom stereocenters. The van der Waals surface area contributed by atoms with Gasteiger partial charge in [-0.2, -0.15) is 9.78 Å². The number of methoxy groups -OCH3 is 1. The van der Waals surface area contributed by atoms with E-state index < -0.39 is 0 Å². The largest absolute Gasteiger partial charge is 0.496 e. The number of ether oxygens (including phenoxy) is 2. The first kappa shape index (κ1) is 28.6. The highest BCUT2D eigenvalue weighted by Gasteiger charge is 2.19. The van der Waals surface area contributed by atoms with Gasteiger partial charge in [-0.25, -0.2) is 4.98 Å². The molecule has 5 rings (SSSR count). The van der Waals surface area contributed by atoms with Crippen molar-refractivity contribution < 1.29 is 9.47 Å². The van der Waals surface area contributed by atoms with Crippen LogP contribution < -0.4 is 15.0 Å². The van der Waals surface area contributed by atoms with Gasteiger partial charge in [-0.3, -0.25) is 4.79 Å². The SMILES string of the molecule is C=CCOc1ccc(-n2c(C)cc(C=Nn3c(-c4cc(C(C)C)c(OC)cc4C)nc4ccccc4c3=O)c2C)cc1. The van der Waals surface area contributed by atoms with Crippen molar-refractivity contribution in [3.63, 3.8) is 0 Å². The number of hydrogen-bond acceptors (Lipinski definition) is 5. The minimum absolute atomic E-state index is 0.219. The normalized spacial score (nSPS) is 11.5. The van der Waals surface area contributed by atoms with Gasteiger partial charge in [-0.05, 0) is 92.4 Å². The van der Waals surface area contributed by atoms with Crippen LogP contribution in [-0.2, 0) is 0 Å². The summed E-state index contributed by atoms with van der Waals surface area (Å²) in [7, 11) is 1.68. The van der Waals surface area contributed by atoms with Crippen molar-refractivity contribution in [1.82, 2.24) is 14.2 Å². The molecule has 214 valence electrons. The Kier molecular flexibility index (Phi) is 8.11. The molecule has 0 aliphatic heterocycles. The first-order valence-corrected chi connectivity index (χ1v) is 14.0. The number of nitrogens with zero attached hydrogens (tertiary/aromatic N) is 4. The Bertz CT molecular complexity index is 1860. The van der Waals surface area contributed by atoms with Crippen LogP contribution in [0.5, 0.6) is 11.5 Å². The summed E-state index contributed by atoms with van der Waals surface area (Å²) < 4.78 is 14.9. The van der Waals surface area contributed by atoms with Crippen molar-refractivity contribution in [2.45, 2.75) is 40.5 Å². The summed E-state index contributed by atoms with van der Waals surface area (Å²) in [4.78, 5) is 18.8. The molecule has 0 fully saturated rings. The minimum Gasteiger partial charge on any atom is -0.496 e. The molecule has 42 heavy (non-hydrogen) atoms. The summed E-state index contributed by atoms with van der Waals surface area (Å²) in [6.45, 7) is 14.5. The molecular formula is C35H36N4O3. The van der Waals surface area contributed by atoms with Crippen molar-refractivity contribution in [3.05, 3.63) is 118 Å². The Morgan fingerprint density at radius 1 is 1.02 bits per heavy atom. The lowest BCUT2D eigenvalue weighted by Crippen LogP contribution is -2.21. The predicted octanol–water partition coefficient (Wildman–Crippen LogP) is 7.36. The average Bonchev–Trinajstić information content (AvgIpc) is 3.27. The molecule has 0 spiro atoms. The van der Waals surface area contributed by atoms with E-state index in [0.717, 1.165) is 50.8 Å². The van der Waals surface area contributed by atoms with Gasteiger partial charge in [0.15, 0.2) is 5.82 Å². The molecule has 2 aromatic heterocycles. The zero-order valence-electron chi connectivity index (χ0n) is 25.0. The lowest BCUT2D eigenvalue weighted by Gasteiger charge is -2.17. The van der Waals surface area contributed by atoms with Crippen LogP contribution in [0.1, 0.15) is 47.8 Å². The van der Waals surface area contributed by atoms with Gasteiger partial charge < -0.3 is 14.0 Å². The van der Waals surface area contributed by atoms with Gasteiger partial charge in [0.25, 0.3) is 5.56 Å². The zero-order chi connectivity index (χ0) is 30.0. The maximum atomic E-state index is 13.8. The van der Waals surface area contributed by atoms with Gasteiger partial charge in [-0.1, -0.05) is 38.6 Å². The highest BCUT2D eigenvalue weighted by molar-refractivity contribution is 5.84. The van der Waals surface area contributed by atoms with Crippen molar-refractivity contribution in [1.29, 1.82) is 0 Å². The van der Waals surface area contributed by atoms with Crippen molar-refractivity contribution in [2.75, 3.05) is 13.7 Å². The third-order valence-electron chi connectivity index (χ3n) is 7.44. The smallest absolute Gasteiger partial charge is 0.282 e. The first-order valence-electron chi connectivity index (χ1n) is 14.0. The molecule has 0 unspecified atom stereocenters. The molecule has 0 saturated heterocycles. The highest BCUT2D eigenvalue weighted by atomic mass is 16.5. The van der Waals surface area contributed by atoms with Gasteiger partial charge in [-0.15, -0.1) is 0 Å². The fraction of sp³-hybridized carbons (Fsp3) is 0.229. The molecule has 7 nitrogen and oxygen atoms in total. The number of benzene rings is 3. The van der Waals surface area contributed by atoms with Crippen LogP contribution in [0.3, 0.4) is 0 Å². The van der Waals surface area contributed by atoms with Crippen molar-refractivity contribution in [3.8, 4) is 28.6 Å². The maximum Gasteiger partial charge on any atom is 0.282 e. The molecule has 0 radical (unpaired) electrons. The lowest BCUT2D eigenvalue weighted by atomic mass is 9.96. The van der Waals surface area contributed by atoms with E-state index >= 15 is 0 Å². The fourth-order valence-electron chi connectivity index (χ4n) is 5.25. The van der Waals surface area contributed by atoms with E-state index in [1.165, 1.54) is 4.68 Å². The van der Waals surface area contributed by atoms with E-state index in [1.807, 2.05) is 62.4 Å². The van der Waals surface area contributed by atoms with E-state index in [4.69, 9.17) is 19.6 Å². The Hall–Kier alpha value is -4.91. The van der Waals surface area contributed by atoms with Crippen molar-refractivity contribution in [2.24, 2.45) is 5.10 Å². The lowest BCUT2D eigenvalue weighted by molar-refractivity contribution is 0.363. The number of aryl methyl sites for hydroxylation is 2. The molecule has 3 aromatic carbocycles. The summed E-state index contributed by atoms with van der Waals surface area (Å²) >= 11 is 0. The van der Waals surface area contributed by atoms with Crippen LogP contribution in [0.2, 0.25) is 0 Å². The molecule has 2 heterocycles. The molecule has 0 amide bonds. The van der Waals surface area contributed by atoms with Gasteiger partial charge >= 0.3 is 0 Å². The number of aromatic nitrogens is 3. The second-order valence-electron chi connectivity index (χ2n) is 10.6. The van der Waals surface area contributed by atoms with Crippen molar-refractivity contribution >= 4 is 17.1 Å². The third-order valence-corrected chi connectivity index (χ3v) is 7.44. The summed E-state index contributed by atoms with van der Waals surface area (Å²) in [5, 5.41) is 5.27. The summed E-state index contributed by atoms with van der Waals surface area (Å²) in [5.74, 6) is 2.31. The van der Waals surface area contributed by atoms with Gasteiger partial charge in [0.05, 0.1) is 24.2 Å². The molecule has 5 aromatic rings. The number of rotatable bonds is 9. The predicted molar refractivity (Wildman–Crippen MR) is 171 cm³/mol. The monoisotopic (exact) mass is 560 g/mol. The molecular weight excluding hydrogens is 524 g/mol. The average molecular weight is 561 g/mol. The zero-order valence-corrected chi connectivity index (χ0v) is 25.0. The second kappa shape index (κ2) is 11.9. The molecule has 7 heteroatoms. The topological polar surface area (TPSA) is 70.6 Å². The summed E-state index contributed by atoms with van der Waals surface area (Å²) in [5.41, 5.74) is 7.19. The van der Waals surface area contributed by atoms with Crippen LogP contribution in [0.25, 0.3) is 28.0 Å². The fourth-order valence-corrected chi connectivity index (χ4v) is 5.25. The molecule has 0 saturated carbocycles.